The summed E-state index contributed by atoms with van der Waals surface area (Å²) in [6.45, 7) is 9.49. The lowest BCUT2D eigenvalue weighted by molar-refractivity contribution is 0.155. The molecule has 0 N–H and O–H groups in total. The van der Waals surface area contributed by atoms with Gasteiger partial charge in [0.15, 0.2) is 0 Å². The van der Waals surface area contributed by atoms with E-state index in [0.29, 0.717) is 12.0 Å². The lowest BCUT2D eigenvalue weighted by Gasteiger charge is -2.40. The Morgan fingerprint density at radius 3 is 2.64 bits per heavy atom. The Labute approximate surface area is 136 Å². The van der Waals surface area contributed by atoms with Crippen molar-refractivity contribution in [3.05, 3.63) is 29.3 Å². The smallest absolute Gasteiger partial charge is 0.122 e. The van der Waals surface area contributed by atoms with Crippen LogP contribution in [0, 0.1) is 0 Å². The summed E-state index contributed by atoms with van der Waals surface area (Å²) in [4.78, 5) is 2.75. The summed E-state index contributed by atoms with van der Waals surface area (Å²) in [5, 5.41) is 0. The quantitative estimate of drug-likeness (QED) is 0.626. The monoisotopic (exact) mass is 303 g/mol. The Morgan fingerprint density at radius 1 is 1.14 bits per heavy atom. The first kappa shape index (κ1) is 17.3. The minimum Gasteiger partial charge on any atom is -0.496 e. The normalized spacial score (nSPS) is 21.0. The van der Waals surface area contributed by atoms with E-state index < -0.39 is 0 Å². The highest BCUT2D eigenvalue weighted by Crippen LogP contribution is 2.38. The van der Waals surface area contributed by atoms with E-state index in [-0.39, 0.29) is 0 Å². The number of methoxy groups -OCH3 is 1. The molecule has 0 amide bonds. The van der Waals surface area contributed by atoms with Crippen molar-refractivity contribution in [1.29, 1.82) is 0 Å². The van der Waals surface area contributed by atoms with Crippen molar-refractivity contribution < 1.29 is 4.74 Å². The number of hydrogen-bond acceptors (Lipinski definition) is 2. The second kappa shape index (κ2) is 8.57. The van der Waals surface area contributed by atoms with E-state index in [2.05, 4.69) is 43.9 Å². The number of benzene rings is 1. The van der Waals surface area contributed by atoms with Crippen LogP contribution in [0.3, 0.4) is 0 Å². The van der Waals surface area contributed by atoms with Gasteiger partial charge in [-0.15, -0.1) is 0 Å². The third-order valence-electron chi connectivity index (χ3n) is 5.18. The first-order valence-corrected chi connectivity index (χ1v) is 9.12. The number of unbranched alkanes of at least 4 members (excludes halogenated alkanes) is 2. The standard InChI is InChI=1S/C20H33NO/c1-5-7-8-15-21(14-6-2)19-13-12-18-17(16(19)3)10-9-11-20(18)22-4/h9-11,16,19H,5-8,12-15H2,1-4H3/t16-,19+/m1/s1. The Bertz CT molecular complexity index is 457. The van der Waals surface area contributed by atoms with Crippen LogP contribution in [0.25, 0.3) is 0 Å². The molecule has 0 fully saturated rings. The molecule has 0 heterocycles. The van der Waals surface area contributed by atoms with Crippen LogP contribution < -0.4 is 4.74 Å². The maximum Gasteiger partial charge on any atom is 0.122 e. The van der Waals surface area contributed by atoms with Gasteiger partial charge in [-0.05, 0) is 61.9 Å². The largest absolute Gasteiger partial charge is 0.496 e. The molecule has 22 heavy (non-hydrogen) atoms. The fourth-order valence-corrected chi connectivity index (χ4v) is 4.01. The summed E-state index contributed by atoms with van der Waals surface area (Å²) in [6.07, 6.45) is 7.67. The maximum absolute atomic E-state index is 5.57. The molecule has 0 radical (unpaired) electrons. The number of nitrogens with zero attached hydrogens (tertiary/aromatic N) is 1. The lowest BCUT2D eigenvalue weighted by atomic mass is 9.79. The van der Waals surface area contributed by atoms with Gasteiger partial charge in [-0.25, -0.2) is 0 Å². The molecular formula is C20H33NO. The van der Waals surface area contributed by atoms with Gasteiger partial charge in [0.1, 0.15) is 5.75 Å². The van der Waals surface area contributed by atoms with Crippen LogP contribution in [0.5, 0.6) is 5.75 Å². The Balaban J connectivity index is 2.14. The summed E-state index contributed by atoms with van der Waals surface area (Å²) < 4.78 is 5.57. The molecule has 0 saturated heterocycles. The molecule has 124 valence electrons. The van der Waals surface area contributed by atoms with Crippen LogP contribution in [0.15, 0.2) is 18.2 Å². The number of ether oxygens (including phenoxy) is 1. The molecule has 1 aromatic carbocycles. The molecule has 0 aromatic heterocycles. The number of fused-ring (bicyclic) bond motifs is 1. The molecule has 0 saturated carbocycles. The summed E-state index contributed by atoms with van der Waals surface area (Å²) in [5.74, 6) is 1.68. The summed E-state index contributed by atoms with van der Waals surface area (Å²) in [5.41, 5.74) is 2.95. The van der Waals surface area contributed by atoms with Crippen LogP contribution >= 0.6 is 0 Å². The molecular weight excluding hydrogens is 270 g/mol. The zero-order valence-electron chi connectivity index (χ0n) is 14.9. The van der Waals surface area contributed by atoms with Gasteiger partial charge in [-0.1, -0.05) is 45.7 Å². The zero-order chi connectivity index (χ0) is 15.9. The molecule has 2 heteroatoms. The fraction of sp³-hybridized carbons (Fsp3) is 0.700. The van der Waals surface area contributed by atoms with E-state index in [1.807, 2.05) is 0 Å². The van der Waals surface area contributed by atoms with Gasteiger partial charge in [-0.3, -0.25) is 4.90 Å². The van der Waals surface area contributed by atoms with Gasteiger partial charge in [0.05, 0.1) is 7.11 Å². The van der Waals surface area contributed by atoms with Crippen molar-refractivity contribution in [3.63, 3.8) is 0 Å². The average Bonchev–Trinajstić information content (AvgIpc) is 2.54. The third-order valence-corrected chi connectivity index (χ3v) is 5.18. The van der Waals surface area contributed by atoms with E-state index in [1.54, 1.807) is 7.11 Å². The molecule has 0 bridgehead atoms. The first-order chi connectivity index (χ1) is 10.7. The summed E-state index contributed by atoms with van der Waals surface area (Å²) >= 11 is 0. The van der Waals surface area contributed by atoms with E-state index in [9.17, 15) is 0 Å². The summed E-state index contributed by atoms with van der Waals surface area (Å²) in [6, 6.07) is 7.26. The minimum absolute atomic E-state index is 0.604. The van der Waals surface area contributed by atoms with Crippen LogP contribution in [0.4, 0.5) is 0 Å². The highest BCUT2D eigenvalue weighted by molar-refractivity contribution is 5.44. The van der Waals surface area contributed by atoms with E-state index in [0.717, 1.165) is 12.2 Å². The van der Waals surface area contributed by atoms with Crippen LogP contribution in [0.1, 0.15) is 69.9 Å². The SMILES string of the molecule is CCCCCN(CCC)[C@H]1CCc2c(OC)cccc2[C@H]1C. The topological polar surface area (TPSA) is 12.5 Å². The average molecular weight is 303 g/mol. The molecule has 2 nitrogen and oxygen atoms in total. The third kappa shape index (κ3) is 3.84. The fourth-order valence-electron chi connectivity index (χ4n) is 4.01. The second-order valence-corrected chi connectivity index (χ2v) is 6.67. The lowest BCUT2D eigenvalue weighted by Crippen LogP contribution is -2.42. The van der Waals surface area contributed by atoms with Crippen LogP contribution in [-0.2, 0) is 6.42 Å². The highest BCUT2D eigenvalue weighted by atomic mass is 16.5. The molecule has 1 aromatic rings. The van der Waals surface area contributed by atoms with Crippen molar-refractivity contribution in [3.8, 4) is 5.75 Å². The summed E-state index contributed by atoms with van der Waals surface area (Å²) in [7, 11) is 1.79. The molecule has 0 unspecified atom stereocenters. The van der Waals surface area contributed by atoms with Gasteiger partial charge in [-0.2, -0.15) is 0 Å². The van der Waals surface area contributed by atoms with Gasteiger partial charge in [0.25, 0.3) is 0 Å². The molecule has 1 aliphatic rings. The Hall–Kier alpha value is -1.02. The van der Waals surface area contributed by atoms with Crippen LogP contribution in [0.2, 0.25) is 0 Å². The first-order valence-electron chi connectivity index (χ1n) is 9.12. The number of hydrogen-bond donors (Lipinski definition) is 0. The van der Waals surface area contributed by atoms with Crippen molar-refractivity contribution in [2.75, 3.05) is 20.2 Å². The van der Waals surface area contributed by atoms with Gasteiger partial charge >= 0.3 is 0 Å². The van der Waals surface area contributed by atoms with Crippen molar-refractivity contribution in [1.82, 2.24) is 4.90 Å². The predicted octanol–water partition coefficient (Wildman–Crippen LogP) is 5.02. The van der Waals surface area contributed by atoms with E-state index >= 15 is 0 Å². The second-order valence-electron chi connectivity index (χ2n) is 6.67. The van der Waals surface area contributed by atoms with Crippen LogP contribution in [-0.4, -0.2) is 31.1 Å². The van der Waals surface area contributed by atoms with Crippen molar-refractivity contribution in [2.45, 2.75) is 71.3 Å². The Kier molecular flexibility index (Phi) is 6.75. The van der Waals surface area contributed by atoms with Crippen molar-refractivity contribution >= 4 is 0 Å². The van der Waals surface area contributed by atoms with E-state index in [4.69, 9.17) is 4.74 Å². The highest BCUT2D eigenvalue weighted by Gasteiger charge is 2.31. The molecule has 2 atom stereocenters. The number of rotatable bonds is 8. The van der Waals surface area contributed by atoms with Crippen molar-refractivity contribution in [2.24, 2.45) is 0 Å². The zero-order valence-corrected chi connectivity index (χ0v) is 14.9. The predicted molar refractivity (Wildman–Crippen MR) is 94.9 cm³/mol. The Morgan fingerprint density at radius 2 is 1.95 bits per heavy atom. The van der Waals surface area contributed by atoms with Gasteiger partial charge in [0, 0.05) is 6.04 Å². The van der Waals surface area contributed by atoms with Gasteiger partial charge in [0.2, 0.25) is 0 Å². The molecule has 2 rings (SSSR count). The van der Waals surface area contributed by atoms with E-state index in [1.165, 1.54) is 56.3 Å². The molecule has 1 aliphatic carbocycles. The van der Waals surface area contributed by atoms with Gasteiger partial charge < -0.3 is 4.74 Å². The minimum atomic E-state index is 0.604. The maximum atomic E-state index is 5.57. The molecule has 0 aliphatic heterocycles. The molecule has 0 spiro atoms.